The van der Waals surface area contributed by atoms with Crippen molar-refractivity contribution in [1.29, 1.82) is 0 Å². The van der Waals surface area contributed by atoms with E-state index in [1.165, 1.54) is 11.3 Å². The third kappa shape index (κ3) is 11.7. The number of aliphatic hydroxyl groups is 1. The van der Waals surface area contributed by atoms with Gasteiger partial charge in [-0.2, -0.15) is 0 Å². The normalized spacial score (nSPS) is 16.9. The van der Waals surface area contributed by atoms with Gasteiger partial charge in [0.15, 0.2) is 5.75 Å². The molecule has 0 radical (unpaired) electrons. The summed E-state index contributed by atoms with van der Waals surface area (Å²) in [5.74, 6) is -1.12. The van der Waals surface area contributed by atoms with E-state index in [-0.39, 0.29) is 59.9 Å². The molecule has 0 spiro atoms. The summed E-state index contributed by atoms with van der Waals surface area (Å²) in [4.78, 5) is 62.6. The standard InChI is InChI=1S/C42H59N5O6S/c1-8-10-19-37(49)53-36-21-20-28(5)23-31(36)43-39(50)32-26-54-41(44-32)35(48)24-34(27(3)4)47(25-30-16-12-11-13-17-30)42(52)38(29(6)9-2)45-40(51)33-18-14-15-22-46(33)7/h11-13,16-17,20-21,23,26-27,29,33-35,38,48H,8-10,14-15,18-19,22,24-25H2,1-7H3,(H,43,50)(H,45,51)/t29-,33?,34-,35-,38+/m1/s1. The Morgan fingerprint density at radius 3 is 2.48 bits per heavy atom. The lowest BCUT2D eigenvalue weighted by molar-refractivity contribution is -0.143. The number of hydrogen-bond acceptors (Lipinski definition) is 9. The van der Waals surface area contributed by atoms with Crippen molar-refractivity contribution in [1.82, 2.24) is 20.1 Å². The molecule has 0 bridgehead atoms. The maximum atomic E-state index is 14.8. The van der Waals surface area contributed by atoms with Crippen molar-refractivity contribution in [2.75, 3.05) is 18.9 Å². The van der Waals surface area contributed by atoms with Crippen molar-refractivity contribution in [2.24, 2.45) is 11.8 Å². The maximum Gasteiger partial charge on any atom is 0.311 e. The van der Waals surface area contributed by atoms with Crippen molar-refractivity contribution >= 4 is 40.7 Å². The van der Waals surface area contributed by atoms with Crippen molar-refractivity contribution < 1.29 is 29.0 Å². The number of aromatic nitrogens is 1. The van der Waals surface area contributed by atoms with Gasteiger partial charge in [-0.25, -0.2) is 4.98 Å². The van der Waals surface area contributed by atoms with Crippen LogP contribution in [0.2, 0.25) is 0 Å². The van der Waals surface area contributed by atoms with Gasteiger partial charge in [0.05, 0.1) is 11.7 Å². The van der Waals surface area contributed by atoms with Crippen LogP contribution in [0.5, 0.6) is 5.75 Å². The van der Waals surface area contributed by atoms with E-state index in [9.17, 15) is 24.3 Å². The molecule has 12 heteroatoms. The van der Waals surface area contributed by atoms with Gasteiger partial charge in [0.25, 0.3) is 5.91 Å². The summed E-state index contributed by atoms with van der Waals surface area (Å²) in [6.45, 7) is 13.1. The number of esters is 1. The Hall–Kier alpha value is -4.13. The number of ether oxygens (including phenoxy) is 1. The van der Waals surface area contributed by atoms with Gasteiger partial charge >= 0.3 is 5.97 Å². The number of aliphatic hydroxyl groups excluding tert-OH is 1. The first kappa shape index (κ1) is 42.6. The first-order chi connectivity index (χ1) is 25.8. The lowest BCUT2D eigenvalue weighted by Gasteiger charge is -2.40. The van der Waals surface area contributed by atoms with E-state index in [2.05, 4.69) is 20.5 Å². The summed E-state index contributed by atoms with van der Waals surface area (Å²) < 4.78 is 5.56. The number of nitrogens with zero attached hydrogens (tertiary/aromatic N) is 3. The van der Waals surface area contributed by atoms with Crippen LogP contribution in [0.3, 0.4) is 0 Å². The zero-order valence-electron chi connectivity index (χ0n) is 33.0. The highest BCUT2D eigenvalue weighted by molar-refractivity contribution is 7.09. The number of carbonyl (C=O) groups is 4. The van der Waals surface area contributed by atoms with Crippen molar-refractivity contribution in [3.05, 3.63) is 75.7 Å². The van der Waals surface area contributed by atoms with Crippen molar-refractivity contribution in [3.63, 3.8) is 0 Å². The molecule has 0 saturated carbocycles. The molecular weight excluding hydrogens is 703 g/mol. The fourth-order valence-corrected chi connectivity index (χ4v) is 7.60. The zero-order chi connectivity index (χ0) is 39.4. The van der Waals surface area contributed by atoms with E-state index >= 15 is 0 Å². The minimum Gasteiger partial charge on any atom is -0.424 e. The fraction of sp³-hybridized carbons (Fsp3) is 0.548. The molecule has 1 fully saturated rings. The van der Waals surface area contributed by atoms with Gasteiger partial charge in [0, 0.05) is 30.8 Å². The molecule has 0 aliphatic carbocycles. The highest BCUT2D eigenvalue weighted by Crippen LogP contribution is 2.31. The molecule has 1 aromatic heterocycles. The van der Waals surface area contributed by atoms with Crippen LogP contribution < -0.4 is 15.4 Å². The first-order valence-corrected chi connectivity index (χ1v) is 20.3. The Kier molecular flexibility index (Phi) is 16.2. The fourth-order valence-electron chi connectivity index (χ4n) is 6.80. The van der Waals surface area contributed by atoms with E-state index in [4.69, 9.17) is 4.74 Å². The highest BCUT2D eigenvalue weighted by atomic mass is 32.1. The molecule has 1 unspecified atom stereocenters. The van der Waals surface area contributed by atoms with Gasteiger partial charge in [0.2, 0.25) is 11.8 Å². The van der Waals surface area contributed by atoms with Gasteiger partial charge in [-0.1, -0.05) is 90.3 Å². The number of unbranched alkanes of at least 4 members (excludes halogenated alkanes) is 1. The number of rotatable bonds is 18. The Morgan fingerprint density at radius 1 is 1.07 bits per heavy atom. The predicted octanol–water partition coefficient (Wildman–Crippen LogP) is 7.29. The largest absolute Gasteiger partial charge is 0.424 e. The molecule has 1 aliphatic heterocycles. The molecular formula is C42H59N5O6S. The van der Waals surface area contributed by atoms with E-state index in [1.807, 2.05) is 83.8 Å². The summed E-state index contributed by atoms with van der Waals surface area (Å²) in [6, 6.07) is 13.5. The molecule has 1 aliphatic rings. The summed E-state index contributed by atoms with van der Waals surface area (Å²) in [5.41, 5.74) is 2.28. The number of aryl methyl sites for hydroxylation is 1. The molecule has 5 atom stereocenters. The summed E-state index contributed by atoms with van der Waals surface area (Å²) >= 11 is 1.17. The maximum absolute atomic E-state index is 14.8. The quantitative estimate of drug-likeness (QED) is 0.0907. The van der Waals surface area contributed by atoms with Crippen LogP contribution in [-0.4, -0.2) is 75.3 Å². The van der Waals surface area contributed by atoms with Crippen LogP contribution in [0.4, 0.5) is 5.69 Å². The molecule has 4 rings (SSSR count). The lowest BCUT2D eigenvalue weighted by atomic mass is 9.91. The molecule has 2 aromatic carbocycles. The molecule has 3 amide bonds. The molecule has 294 valence electrons. The number of thiazole rings is 1. The van der Waals surface area contributed by atoms with Gasteiger partial charge < -0.3 is 25.4 Å². The predicted molar refractivity (Wildman–Crippen MR) is 213 cm³/mol. The molecule has 1 saturated heterocycles. The second kappa shape index (κ2) is 20.5. The third-order valence-corrected chi connectivity index (χ3v) is 11.3. The molecule has 3 N–H and O–H groups in total. The Labute approximate surface area is 324 Å². The monoisotopic (exact) mass is 761 g/mol. The van der Waals surface area contributed by atoms with Gasteiger partial charge in [-0.15, -0.1) is 11.3 Å². The number of hydrogen-bond donors (Lipinski definition) is 3. The van der Waals surface area contributed by atoms with Crippen molar-refractivity contribution in [3.8, 4) is 5.75 Å². The smallest absolute Gasteiger partial charge is 0.311 e. The van der Waals surface area contributed by atoms with Crippen LogP contribution in [0, 0.1) is 18.8 Å². The minimum atomic E-state index is -1.07. The number of likely N-dealkylation sites (tertiary alicyclic amines) is 1. The summed E-state index contributed by atoms with van der Waals surface area (Å²) in [6.07, 6.45) is 4.42. The van der Waals surface area contributed by atoms with Crippen LogP contribution in [0.25, 0.3) is 0 Å². The Balaban J connectivity index is 1.56. The second-order valence-corrected chi connectivity index (χ2v) is 15.9. The number of amides is 3. The average molecular weight is 762 g/mol. The molecule has 3 aromatic rings. The number of anilines is 1. The number of benzene rings is 2. The van der Waals surface area contributed by atoms with Crippen LogP contribution >= 0.6 is 11.3 Å². The van der Waals surface area contributed by atoms with Gasteiger partial charge in [0.1, 0.15) is 22.8 Å². The van der Waals surface area contributed by atoms with Crippen LogP contribution in [0.1, 0.15) is 119 Å². The average Bonchev–Trinajstić information content (AvgIpc) is 3.66. The van der Waals surface area contributed by atoms with Gasteiger partial charge in [-0.05, 0) is 74.9 Å². The number of likely N-dealkylation sites (N-methyl/N-ethyl adjacent to an activating group) is 1. The van der Waals surface area contributed by atoms with E-state index in [0.717, 1.165) is 43.4 Å². The topological polar surface area (TPSA) is 141 Å². The van der Waals surface area contributed by atoms with Gasteiger partial charge in [-0.3, -0.25) is 24.1 Å². The van der Waals surface area contributed by atoms with E-state index in [0.29, 0.717) is 30.1 Å². The van der Waals surface area contributed by atoms with E-state index < -0.39 is 24.1 Å². The Morgan fingerprint density at radius 2 is 1.81 bits per heavy atom. The van der Waals surface area contributed by atoms with Crippen molar-refractivity contribution in [2.45, 2.75) is 124 Å². The lowest BCUT2D eigenvalue weighted by Crippen LogP contribution is -2.58. The molecule has 11 nitrogen and oxygen atoms in total. The first-order valence-electron chi connectivity index (χ1n) is 19.4. The Bertz CT molecular complexity index is 1700. The molecule has 54 heavy (non-hydrogen) atoms. The highest BCUT2D eigenvalue weighted by Gasteiger charge is 2.38. The summed E-state index contributed by atoms with van der Waals surface area (Å²) in [5, 5.41) is 19.6. The third-order valence-electron chi connectivity index (χ3n) is 10.3. The van der Waals surface area contributed by atoms with Crippen LogP contribution in [0.15, 0.2) is 53.9 Å². The molecule has 2 heterocycles. The minimum absolute atomic E-state index is 0.0624. The zero-order valence-corrected chi connectivity index (χ0v) is 33.8. The second-order valence-electron chi connectivity index (χ2n) is 15.0. The van der Waals surface area contributed by atoms with Crippen LogP contribution in [-0.2, 0) is 20.9 Å². The summed E-state index contributed by atoms with van der Waals surface area (Å²) in [7, 11) is 1.96. The number of carbonyl (C=O) groups excluding carboxylic acids is 4. The number of nitrogens with one attached hydrogen (secondary N) is 2. The SMILES string of the molecule is CCCCC(=O)Oc1ccc(C)cc1NC(=O)c1csc([C@H](O)C[C@H](C(C)C)N(Cc2ccccc2)C(=O)[C@@H](NC(=O)C2CCCCN2C)[C@H](C)CC)n1. The van der Waals surface area contributed by atoms with E-state index in [1.54, 1.807) is 23.6 Å². The number of piperidine rings is 1.